The Morgan fingerprint density at radius 1 is 0.472 bits per heavy atom. The Hall–Kier alpha value is -3.24. The molecular formula is C26H36O10. The van der Waals surface area contributed by atoms with E-state index in [2.05, 4.69) is 0 Å². The van der Waals surface area contributed by atoms with E-state index < -0.39 is 60.5 Å². The summed E-state index contributed by atoms with van der Waals surface area (Å²) in [4.78, 5) is 50.3. The molecule has 1 aliphatic carbocycles. The van der Waals surface area contributed by atoms with Crippen molar-refractivity contribution in [3.05, 3.63) is 46.6 Å². The Labute approximate surface area is 211 Å². The van der Waals surface area contributed by atoms with E-state index in [-0.39, 0.29) is 22.3 Å². The summed E-state index contributed by atoms with van der Waals surface area (Å²) in [6.07, 6.45) is -4.41. The van der Waals surface area contributed by atoms with Crippen LogP contribution in [0.2, 0.25) is 0 Å². The maximum Gasteiger partial charge on any atom is 0.333 e. The number of carbonyl (C=O) groups is 4. The third-order valence-electron chi connectivity index (χ3n) is 5.99. The monoisotopic (exact) mass is 508 g/mol. The van der Waals surface area contributed by atoms with E-state index in [1.165, 1.54) is 52.0 Å². The summed E-state index contributed by atoms with van der Waals surface area (Å²) in [6.45, 7) is 12.3. The van der Waals surface area contributed by atoms with Crippen LogP contribution in [0.4, 0.5) is 0 Å². The van der Waals surface area contributed by atoms with Crippen molar-refractivity contribution in [1.29, 1.82) is 0 Å². The highest BCUT2D eigenvalue weighted by atomic mass is 16.6. The lowest BCUT2D eigenvalue weighted by Crippen LogP contribution is -2.67. The maximum atomic E-state index is 12.6. The summed E-state index contributed by atoms with van der Waals surface area (Å²) in [5.41, 5.74) is 0.725. The van der Waals surface area contributed by atoms with Crippen LogP contribution in [0.3, 0.4) is 0 Å². The molecule has 10 heteroatoms. The Morgan fingerprint density at radius 2 is 0.694 bits per heavy atom. The standard InChI is InChI=1S/C26H36O10/c1-9-13(5)23(29)33-19-17(27)20(34-24(30)14(6)10-2)22(36-26(32)16(8)12-4)21(18(19)28)35-25(31)15(7)11-3/h9-12,17-22,27-28H,1-8H3/b13-9-,14-10-,15-11-,16-12-/t17-,18+,19?,20-,21-,22?/m0/s1. The van der Waals surface area contributed by atoms with Crippen molar-refractivity contribution in [2.75, 3.05) is 0 Å². The number of esters is 4. The van der Waals surface area contributed by atoms with Crippen LogP contribution in [0.15, 0.2) is 46.6 Å². The molecule has 10 nitrogen and oxygen atoms in total. The van der Waals surface area contributed by atoms with E-state index in [9.17, 15) is 29.4 Å². The molecule has 1 saturated carbocycles. The first kappa shape index (κ1) is 30.8. The molecule has 0 saturated heterocycles. The molecule has 0 aliphatic heterocycles. The van der Waals surface area contributed by atoms with Crippen molar-refractivity contribution < 1.29 is 48.3 Å². The number of carbonyl (C=O) groups excluding carboxylic acids is 4. The van der Waals surface area contributed by atoms with E-state index >= 15 is 0 Å². The minimum Gasteiger partial charge on any atom is -0.453 e. The van der Waals surface area contributed by atoms with Crippen molar-refractivity contribution in [2.24, 2.45) is 0 Å². The number of allylic oxidation sites excluding steroid dienone is 4. The Bertz CT molecular complexity index is 925. The molecule has 0 bridgehead atoms. The largest absolute Gasteiger partial charge is 0.453 e. The third-order valence-corrected chi connectivity index (χ3v) is 5.99. The first-order valence-electron chi connectivity index (χ1n) is 11.6. The third kappa shape index (κ3) is 7.38. The minimum atomic E-state index is -1.83. The van der Waals surface area contributed by atoms with Gasteiger partial charge in [0.25, 0.3) is 0 Å². The average molecular weight is 509 g/mol. The molecule has 1 fully saturated rings. The molecule has 0 aromatic rings. The van der Waals surface area contributed by atoms with Crippen molar-refractivity contribution in [3.63, 3.8) is 0 Å². The molecule has 0 radical (unpaired) electrons. The Kier molecular flexibility index (Phi) is 11.8. The molecule has 0 amide bonds. The second-order valence-electron chi connectivity index (χ2n) is 8.35. The first-order chi connectivity index (χ1) is 16.8. The normalized spacial score (nSPS) is 27.7. The average Bonchev–Trinajstić information content (AvgIpc) is 2.87. The Morgan fingerprint density at radius 3 is 0.944 bits per heavy atom. The molecule has 0 aromatic heterocycles. The highest BCUT2D eigenvalue weighted by Crippen LogP contribution is 2.32. The smallest absolute Gasteiger partial charge is 0.333 e. The fourth-order valence-corrected chi connectivity index (χ4v) is 3.04. The fourth-order valence-electron chi connectivity index (χ4n) is 3.04. The zero-order valence-electron chi connectivity index (χ0n) is 21.9. The summed E-state index contributed by atoms with van der Waals surface area (Å²) in [5, 5.41) is 22.2. The lowest BCUT2D eigenvalue weighted by Gasteiger charge is -2.45. The molecule has 36 heavy (non-hydrogen) atoms. The van der Waals surface area contributed by atoms with Crippen LogP contribution in [-0.4, -0.2) is 70.7 Å². The van der Waals surface area contributed by atoms with E-state index in [0.717, 1.165) is 0 Å². The number of aliphatic hydroxyl groups excluding tert-OH is 2. The molecule has 0 heterocycles. The molecule has 1 aliphatic rings. The van der Waals surface area contributed by atoms with Gasteiger partial charge in [-0.05, 0) is 55.4 Å². The highest BCUT2D eigenvalue weighted by molar-refractivity contribution is 5.90. The zero-order valence-corrected chi connectivity index (χ0v) is 21.9. The van der Waals surface area contributed by atoms with Crippen LogP contribution in [0.25, 0.3) is 0 Å². The van der Waals surface area contributed by atoms with Gasteiger partial charge in [0.15, 0.2) is 24.4 Å². The summed E-state index contributed by atoms with van der Waals surface area (Å²) >= 11 is 0. The number of rotatable bonds is 8. The predicted octanol–water partition coefficient (Wildman–Crippen LogP) is 2.23. The molecule has 6 atom stereocenters. The van der Waals surface area contributed by atoms with Gasteiger partial charge in [0.05, 0.1) is 0 Å². The van der Waals surface area contributed by atoms with Crippen LogP contribution in [-0.2, 0) is 38.1 Å². The second-order valence-corrected chi connectivity index (χ2v) is 8.35. The predicted molar refractivity (Wildman–Crippen MR) is 129 cm³/mol. The van der Waals surface area contributed by atoms with Gasteiger partial charge in [0, 0.05) is 22.3 Å². The summed E-state index contributed by atoms with van der Waals surface area (Å²) in [6, 6.07) is 0. The van der Waals surface area contributed by atoms with Gasteiger partial charge in [-0.15, -0.1) is 0 Å². The SMILES string of the molecule is C/C=C(/C)C(=O)OC1[C@@H](OC(=O)/C(C)=C\C)[C@H](O)C(OC(=O)/C(C)=C\C)[C@H](O)[C@@H]1OC(=O)/C(C)=C\C. The van der Waals surface area contributed by atoms with Crippen LogP contribution >= 0.6 is 0 Å². The molecular weight excluding hydrogens is 472 g/mol. The van der Waals surface area contributed by atoms with Gasteiger partial charge in [-0.2, -0.15) is 0 Å². The van der Waals surface area contributed by atoms with Crippen molar-refractivity contribution in [3.8, 4) is 0 Å². The molecule has 200 valence electrons. The summed E-state index contributed by atoms with van der Waals surface area (Å²) in [5.74, 6) is -3.42. The lowest BCUT2D eigenvalue weighted by atomic mass is 9.84. The Balaban J connectivity index is 3.63. The summed E-state index contributed by atoms with van der Waals surface area (Å²) in [7, 11) is 0. The molecule has 2 N–H and O–H groups in total. The van der Waals surface area contributed by atoms with Gasteiger partial charge in [-0.25, -0.2) is 19.2 Å². The number of aliphatic hydroxyl groups is 2. The van der Waals surface area contributed by atoms with E-state index in [4.69, 9.17) is 18.9 Å². The molecule has 1 rings (SSSR count). The number of hydrogen-bond acceptors (Lipinski definition) is 10. The van der Waals surface area contributed by atoms with Gasteiger partial charge < -0.3 is 29.2 Å². The minimum absolute atomic E-state index is 0.180. The number of hydrogen-bond donors (Lipinski definition) is 2. The van der Waals surface area contributed by atoms with E-state index in [1.807, 2.05) is 0 Å². The lowest BCUT2D eigenvalue weighted by molar-refractivity contribution is -0.249. The van der Waals surface area contributed by atoms with Crippen LogP contribution in [0.5, 0.6) is 0 Å². The van der Waals surface area contributed by atoms with Crippen LogP contribution in [0.1, 0.15) is 55.4 Å². The van der Waals surface area contributed by atoms with Gasteiger partial charge in [-0.3, -0.25) is 0 Å². The van der Waals surface area contributed by atoms with Crippen LogP contribution in [0, 0.1) is 0 Å². The highest BCUT2D eigenvalue weighted by Gasteiger charge is 2.57. The quantitative estimate of drug-likeness (QED) is 0.284. The molecule has 0 aromatic carbocycles. The van der Waals surface area contributed by atoms with Crippen molar-refractivity contribution in [1.82, 2.24) is 0 Å². The van der Waals surface area contributed by atoms with E-state index in [1.54, 1.807) is 27.7 Å². The van der Waals surface area contributed by atoms with Crippen molar-refractivity contribution >= 4 is 23.9 Å². The topological polar surface area (TPSA) is 146 Å². The zero-order chi connectivity index (χ0) is 27.7. The van der Waals surface area contributed by atoms with E-state index in [0.29, 0.717) is 0 Å². The number of ether oxygens (including phenoxy) is 4. The molecule has 0 spiro atoms. The fraction of sp³-hybridized carbons (Fsp3) is 0.538. The van der Waals surface area contributed by atoms with Gasteiger partial charge in [0.2, 0.25) is 0 Å². The summed E-state index contributed by atoms with van der Waals surface area (Å²) < 4.78 is 21.7. The molecule has 2 unspecified atom stereocenters. The van der Waals surface area contributed by atoms with Gasteiger partial charge >= 0.3 is 23.9 Å². The second kappa shape index (κ2) is 13.7. The maximum absolute atomic E-state index is 12.6. The van der Waals surface area contributed by atoms with Gasteiger partial charge in [-0.1, -0.05) is 24.3 Å². The first-order valence-corrected chi connectivity index (χ1v) is 11.6. The van der Waals surface area contributed by atoms with Gasteiger partial charge in [0.1, 0.15) is 12.2 Å². The van der Waals surface area contributed by atoms with Crippen LogP contribution < -0.4 is 0 Å². The van der Waals surface area contributed by atoms with Crippen molar-refractivity contribution in [2.45, 2.75) is 92.0 Å².